The zero-order valence-corrected chi connectivity index (χ0v) is 11.7. The number of hydrogen-bond donors (Lipinski definition) is 1. The van der Waals surface area contributed by atoms with E-state index in [-0.39, 0.29) is 29.1 Å². The Morgan fingerprint density at radius 2 is 2.11 bits per heavy atom. The van der Waals surface area contributed by atoms with E-state index in [2.05, 4.69) is 28.6 Å². The Balaban J connectivity index is 2.68. The van der Waals surface area contributed by atoms with Crippen LogP contribution in [0.4, 0.5) is 10.1 Å². The molecular formula is C10H11BrFNO4S. The van der Waals surface area contributed by atoms with Gasteiger partial charge in [0, 0.05) is 17.9 Å². The molecule has 0 bridgehead atoms. The van der Waals surface area contributed by atoms with Gasteiger partial charge < -0.3 is 9.47 Å². The van der Waals surface area contributed by atoms with Gasteiger partial charge in [0.15, 0.2) is 5.75 Å². The van der Waals surface area contributed by atoms with Gasteiger partial charge in [0.05, 0.1) is 22.6 Å². The number of hydrogen-bond acceptors (Lipinski definition) is 5. The summed E-state index contributed by atoms with van der Waals surface area (Å²) in [5.74, 6) is -0.158. The van der Waals surface area contributed by atoms with Crippen LogP contribution in [0.15, 0.2) is 16.6 Å². The summed E-state index contributed by atoms with van der Waals surface area (Å²) in [6.45, 7) is 0.828. The summed E-state index contributed by atoms with van der Waals surface area (Å²) in [7, 11) is 0. The minimum atomic E-state index is -0.631. The van der Waals surface area contributed by atoms with Crippen molar-refractivity contribution in [1.82, 2.24) is 0 Å². The smallest absolute Gasteiger partial charge is 0.312 e. The monoisotopic (exact) mass is 339 g/mol. The van der Waals surface area contributed by atoms with Crippen molar-refractivity contribution in [2.24, 2.45) is 0 Å². The van der Waals surface area contributed by atoms with Crippen molar-refractivity contribution >= 4 is 34.2 Å². The topological polar surface area (TPSA) is 61.6 Å². The number of nitro benzene ring substituents is 1. The number of nitro groups is 1. The van der Waals surface area contributed by atoms with Crippen LogP contribution >= 0.6 is 28.6 Å². The first-order chi connectivity index (χ1) is 8.56. The van der Waals surface area contributed by atoms with Gasteiger partial charge in [0.25, 0.3) is 0 Å². The Bertz CT molecular complexity index is 433. The average Bonchev–Trinajstić information content (AvgIpc) is 2.32. The molecule has 0 fully saturated rings. The van der Waals surface area contributed by atoms with Crippen LogP contribution in [0.1, 0.15) is 0 Å². The maximum absolute atomic E-state index is 13.3. The molecule has 1 rings (SSSR count). The summed E-state index contributed by atoms with van der Waals surface area (Å²) in [6, 6.07) is 2.04. The number of ether oxygens (including phenoxy) is 2. The highest BCUT2D eigenvalue weighted by Crippen LogP contribution is 2.32. The van der Waals surface area contributed by atoms with Crippen LogP contribution in [0, 0.1) is 15.9 Å². The van der Waals surface area contributed by atoms with E-state index < -0.39 is 10.7 Å². The van der Waals surface area contributed by atoms with Gasteiger partial charge in [-0.1, -0.05) is 0 Å². The molecule has 0 atom stereocenters. The molecule has 0 saturated carbocycles. The molecule has 0 N–H and O–H groups in total. The van der Waals surface area contributed by atoms with Gasteiger partial charge in [-0.15, -0.1) is 0 Å². The fraction of sp³-hybridized carbons (Fsp3) is 0.400. The third-order valence-corrected chi connectivity index (χ3v) is 2.71. The molecule has 0 aliphatic rings. The maximum Gasteiger partial charge on any atom is 0.312 e. The fourth-order valence-electron chi connectivity index (χ4n) is 1.15. The Morgan fingerprint density at radius 1 is 1.39 bits per heavy atom. The Hall–Kier alpha value is -0.860. The standard InChI is InChI=1S/C10H11BrFNO4S/c11-7-5-9(13(14)15)10(6-8(7)12)17-2-1-16-3-4-18/h5-6,18H,1-4H2. The summed E-state index contributed by atoms with van der Waals surface area (Å²) in [6.07, 6.45) is 0. The van der Waals surface area contributed by atoms with Gasteiger partial charge in [-0.25, -0.2) is 4.39 Å². The lowest BCUT2D eigenvalue weighted by atomic mass is 10.3. The zero-order chi connectivity index (χ0) is 13.5. The second kappa shape index (κ2) is 7.55. The van der Waals surface area contributed by atoms with Crippen molar-refractivity contribution in [2.75, 3.05) is 25.6 Å². The number of rotatable bonds is 7. The number of thiol groups is 1. The molecule has 0 amide bonds. The quantitative estimate of drug-likeness (QED) is 0.359. The highest BCUT2D eigenvalue weighted by atomic mass is 79.9. The van der Waals surface area contributed by atoms with E-state index in [1.54, 1.807) is 0 Å². The molecule has 1 aromatic carbocycles. The van der Waals surface area contributed by atoms with E-state index >= 15 is 0 Å². The van der Waals surface area contributed by atoms with Crippen LogP contribution in [-0.4, -0.2) is 30.5 Å². The highest BCUT2D eigenvalue weighted by molar-refractivity contribution is 9.10. The highest BCUT2D eigenvalue weighted by Gasteiger charge is 2.18. The van der Waals surface area contributed by atoms with Crippen molar-refractivity contribution in [3.05, 3.63) is 32.5 Å². The molecule has 5 nitrogen and oxygen atoms in total. The molecule has 0 spiro atoms. The van der Waals surface area contributed by atoms with Gasteiger partial charge in [-0.05, 0) is 15.9 Å². The van der Waals surface area contributed by atoms with E-state index in [9.17, 15) is 14.5 Å². The van der Waals surface area contributed by atoms with Crippen LogP contribution in [0.25, 0.3) is 0 Å². The fourth-order valence-corrected chi connectivity index (χ4v) is 1.61. The summed E-state index contributed by atoms with van der Waals surface area (Å²) >= 11 is 6.83. The minimum Gasteiger partial charge on any atom is -0.484 e. The first-order valence-electron chi connectivity index (χ1n) is 5.01. The van der Waals surface area contributed by atoms with Gasteiger partial charge in [0.1, 0.15) is 12.4 Å². The van der Waals surface area contributed by atoms with Crippen LogP contribution in [-0.2, 0) is 4.74 Å². The Morgan fingerprint density at radius 3 is 2.72 bits per heavy atom. The van der Waals surface area contributed by atoms with E-state index in [0.717, 1.165) is 12.1 Å². The molecule has 0 radical (unpaired) electrons. The molecule has 0 aliphatic carbocycles. The SMILES string of the molecule is O=[N+]([O-])c1cc(Br)c(F)cc1OCCOCCS. The lowest BCUT2D eigenvalue weighted by molar-refractivity contribution is -0.386. The third-order valence-electron chi connectivity index (χ3n) is 1.92. The molecule has 100 valence electrons. The van der Waals surface area contributed by atoms with Gasteiger partial charge in [-0.3, -0.25) is 10.1 Å². The number of nitrogens with zero attached hydrogens (tertiary/aromatic N) is 1. The molecule has 0 heterocycles. The molecule has 8 heteroatoms. The second-order valence-corrected chi connectivity index (χ2v) is 4.48. The molecule has 0 unspecified atom stereocenters. The minimum absolute atomic E-state index is 0.0212. The predicted molar refractivity (Wildman–Crippen MR) is 70.9 cm³/mol. The van der Waals surface area contributed by atoms with Gasteiger partial charge in [0.2, 0.25) is 0 Å². The summed E-state index contributed by atoms with van der Waals surface area (Å²) < 4.78 is 23.5. The summed E-state index contributed by atoms with van der Waals surface area (Å²) in [5.41, 5.74) is -0.294. The first-order valence-corrected chi connectivity index (χ1v) is 6.43. The molecular weight excluding hydrogens is 329 g/mol. The Kier molecular flexibility index (Phi) is 6.37. The van der Waals surface area contributed by atoms with Crippen LogP contribution in [0.3, 0.4) is 0 Å². The lowest BCUT2D eigenvalue weighted by Gasteiger charge is -2.07. The van der Waals surface area contributed by atoms with Crippen molar-refractivity contribution < 1.29 is 18.8 Å². The maximum atomic E-state index is 13.3. The number of benzene rings is 1. The molecule has 0 aliphatic heterocycles. The molecule has 0 aromatic heterocycles. The summed E-state index contributed by atoms with van der Waals surface area (Å²) in [5, 5.41) is 10.8. The van der Waals surface area contributed by atoms with Crippen molar-refractivity contribution in [3.63, 3.8) is 0 Å². The summed E-state index contributed by atoms with van der Waals surface area (Å²) in [4.78, 5) is 10.1. The molecule has 18 heavy (non-hydrogen) atoms. The molecule has 1 aromatic rings. The average molecular weight is 340 g/mol. The first kappa shape index (κ1) is 15.2. The molecule has 0 saturated heterocycles. The third kappa shape index (κ3) is 4.43. The van der Waals surface area contributed by atoms with Gasteiger partial charge in [-0.2, -0.15) is 12.6 Å². The van der Waals surface area contributed by atoms with Crippen molar-refractivity contribution in [2.45, 2.75) is 0 Å². The second-order valence-electron chi connectivity index (χ2n) is 3.18. The predicted octanol–water partition coefficient (Wildman–Crippen LogP) is 2.82. The largest absolute Gasteiger partial charge is 0.484 e. The van der Waals surface area contributed by atoms with E-state index in [1.165, 1.54) is 0 Å². The van der Waals surface area contributed by atoms with Crippen molar-refractivity contribution in [1.29, 1.82) is 0 Å². The van der Waals surface area contributed by atoms with Crippen LogP contribution in [0.5, 0.6) is 5.75 Å². The van der Waals surface area contributed by atoms with Crippen LogP contribution < -0.4 is 4.74 Å². The van der Waals surface area contributed by atoms with Crippen LogP contribution in [0.2, 0.25) is 0 Å². The van der Waals surface area contributed by atoms with Gasteiger partial charge >= 0.3 is 5.69 Å². The zero-order valence-electron chi connectivity index (χ0n) is 9.27. The number of halogens is 2. The van der Waals surface area contributed by atoms with E-state index in [0.29, 0.717) is 12.4 Å². The van der Waals surface area contributed by atoms with E-state index in [4.69, 9.17) is 9.47 Å². The normalized spacial score (nSPS) is 10.4. The Labute approximate surface area is 117 Å². The van der Waals surface area contributed by atoms with E-state index in [1.807, 2.05) is 0 Å². The van der Waals surface area contributed by atoms with Crippen molar-refractivity contribution in [3.8, 4) is 5.75 Å². The lowest BCUT2D eigenvalue weighted by Crippen LogP contribution is -2.09.